The summed E-state index contributed by atoms with van der Waals surface area (Å²) >= 11 is 6.23. The van der Waals surface area contributed by atoms with Crippen molar-refractivity contribution in [2.45, 2.75) is 26.3 Å². The van der Waals surface area contributed by atoms with Crippen molar-refractivity contribution in [1.82, 2.24) is 15.0 Å². The van der Waals surface area contributed by atoms with Crippen LogP contribution < -0.4 is 14.8 Å². The molecule has 1 N–H and O–H groups in total. The van der Waals surface area contributed by atoms with E-state index in [2.05, 4.69) is 20.4 Å². The number of likely N-dealkylation sites (tertiary alicyclic amines) is 1. The molecule has 0 radical (unpaired) electrons. The Labute approximate surface area is 226 Å². The number of hydrogen-bond acceptors (Lipinski definition) is 7. The highest BCUT2D eigenvalue weighted by atomic mass is 35.5. The highest BCUT2D eigenvalue weighted by Gasteiger charge is 2.27. The Balaban J connectivity index is 1.18. The number of rotatable bonds is 8. The summed E-state index contributed by atoms with van der Waals surface area (Å²) in [6, 6.07) is 20.5. The number of carbonyl (C=O) groups is 1. The molecular weight excluding hydrogens is 504 g/mol. The van der Waals surface area contributed by atoms with E-state index in [1.807, 2.05) is 55.5 Å². The van der Waals surface area contributed by atoms with Crippen LogP contribution in [0.3, 0.4) is 0 Å². The van der Waals surface area contributed by atoms with Crippen LogP contribution >= 0.6 is 11.6 Å². The zero-order valence-electron chi connectivity index (χ0n) is 21.3. The van der Waals surface area contributed by atoms with Crippen molar-refractivity contribution in [3.05, 3.63) is 83.2 Å². The van der Waals surface area contributed by atoms with E-state index in [1.54, 1.807) is 25.3 Å². The first-order chi connectivity index (χ1) is 18.5. The van der Waals surface area contributed by atoms with E-state index in [0.717, 1.165) is 18.7 Å². The number of nitrogens with zero attached hydrogens (tertiary/aromatic N) is 3. The van der Waals surface area contributed by atoms with E-state index in [1.165, 1.54) is 5.56 Å². The maximum Gasteiger partial charge on any atom is 0.241 e. The summed E-state index contributed by atoms with van der Waals surface area (Å²) in [5.74, 6) is 2.60. The number of aromatic nitrogens is 2. The van der Waals surface area contributed by atoms with Crippen LogP contribution in [-0.2, 0) is 11.3 Å². The third-order valence-electron chi connectivity index (χ3n) is 6.58. The topological polar surface area (TPSA) is 89.7 Å². The Morgan fingerprint density at radius 2 is 1.79 bits per heavy atom. The van der Waals surface area contributed by atoms with Gasteiger partial charge in [0.15, 0.2) is 17.2 Å². The molecule has 38 heavy (non-hydrogen) atoms. The molecule has 5 rings (SSSR count). The van der Waals surface area contributed by atoms with E-state index >= 15 is 0 Å². The Morgan fingerprint density at radius 3 is 2.53 bits per heavy atom. The van der Waals surface area contributed by atoms with Crippen LogP contribution in [0, 0.1) is 12.8 Å². The largest absolute Gasteiger partial charge is 0.493 e. The summed E-state index contributed by atoms with van der Waals surface area (Å²) in [5, 5.41) is 7.65. The maximum absolute atomic E-state index is 13.2. The van der Waals surface area contributed by atoms with Gasteiger partial charge in [-0.05, 0) is 63.2 Å². The Bertz CT molecular complexity index is 1400. The molecule has 1 fully saturated rings. The molecule has 196 valence electrons. The van der Waals surface area contributed by atoms with Gasteiger partial charge in [0.25, 0.3) is 0 Å². The molecule has 0 bridgehead atoms. The lowest BCUT2D eigenvalue weighted by atomic mass is 9.96. The molecule has 1 aliphatic heterocycles. The number of hydrogen-bond donors (Lipinski definition) is 1. The normalized spacial score (nSPS) is 14.3. The smallest absolute Gasteiger partial charge is 0.241 e. The molecule has 3 aromatic carbocycles. The molecule has 0 saturated carbocycles. The van der Waals surface area contributed by atoms with Crippen molar-refractivity contribution >= 4 is 23.2 Å². The van der Waals surface area contributed by atoms with Crippen LogP contribution in [-0.4, -0.2) is 41.1 Å². The molecule has 1 aliphatic rings. The lowest BCUT2D eigenvalue weighted by Crippen LogP contribution is -2.37. The minimum absolute atomic E-state index is 0.0590. The highest BCUT2D eigenvalue weighted by molar-refractivity contribution is 6.31. The van der Waals surface area contributed by atoms with Crippen molar-refractivity contribution < 1.29 is 18.8 Å². The van der Waals surface area contributed by atoms with E-state index in [0.29, 0.717) is 59.1 Å². The van der Waals surface area contributed by atoms with Gasteiger partial charge in [0.2, 0.25) is 17.6 Å². The Hall–Kier alpha value is -3.88. The van der Waals surface area contributed by atoms with Gasteiger partial charge in [-0.3, -0.25) is 9.69 Å². The van der Waals surface area contributed by atoms with Gasteiger partial charge in [-0.2, -0.15) is 4.98 Å². The number of anilines is 1. The van der Waals surface area contributed by atoms with Crippen LogP contribution in [0.15, 0.2) is 71.3 Å². The van der Waals surface area contributed by atoms with E-state index in [9.17, 15) is 4.79 Å². The van der Waals surface area contributed by atoms with Crippen molar-refractivity contribution in [3.63, 3.8) is 0 Å². The zero-order chi connectivity index (χ0) is 26.5. The average molecular weight is 533 g/mol. The molecule has 0 unspecified atom stereocenters. The van der Waals surface area contributed by atoms with E-state index in [-0.39, 0.29) is 11.8 Å². The average Bonchev–Trinajstić information content (AvgIpc) is 3.39. The summed E-state index contributed by atoms with van der Waals surface area (Å²) in [6.45, 7) is 4.10. The van der Waals surface area contributed by atoms with Gasteiger partial charge in [0, 0.05) is 16.5 Å². The van der Waals surface area contributed by atoms with Gasteiger partial charge in [0.05, 0.1) is 19.3 Å². The molecule has 2 heterocycles. The van der Waals surface area contributed by atoms with Gasteiger partial charge in [0.1, 0.15) is 0 Å². The molecule has 1 amide bonds. The van der Waals surface area contributed by atoms with Crippen LogP contribution in [0.25, 0.3) is 11.4 Å². The van der Waals surface area contributed by atoms with Crippen LogP contribution in [0.5, 0.6) is 17.2 Å². The number of carbonyl (C=O) groups excluding carboxylic acids is 1. The molecule has 4 aromatic rings. The molecule has 0 aliphatic carbocycles. The van der Waals surface area contributed by atoms with Crippen LogP contribution in [0.1, 0.15) is 24.3 Å². The number of para-hydroxylation sites is 2. The van der Waals surface area contributed by atoms with Crippen molar-refractivity contribution in [2.24, 2.45) is 5.92 Å². The number of piperidine rings is 1. The fraction of sp³-hybridized carbons (Fsp3) is 0.276. The molecule has 1 saturated heterocycles. The van der Waals surface area contributed by atoms with Gasteiger partial charge >= 0.3 is 0 Å². The third-order valence-corrected chi connectivity index (χ3v) is 6.82. The summed E-state index contributed by atoms with van der Waals surface area (Å²) in [4.78, 5) is 19.9. The number of ether oxygens (including phenoxy) is 2. The number of nitrogens with one attached hydrogen (secondary N) is 1. The predicted octanol–water partition coefficient (Wildman–Crippen LogP) is 6.35. The lowest BCUT2D eigenvalue weighted by Gasteiger charge is -2.30. The monoisotopic (exact) mass is 532 g/mol. The lowest BCUT2D eigenvalue weighted by molar-refractivity contribution is -0.121. The van der Waals surface area contributed by atoms with Crippen molar-refractivity contribution in [3.8, 4) is 28.6 Å². The minimum Gasteiger partial charge on any atom is -0.493 e. The molecule has 9 heteroatoms. The Kier molecular flexibility index (Phi) is 7.91. The van der Waals surface area contributed by atoms with E-state index in [4.69, 9.17) is 25.6 Å². The third kappa shape index (κ3) is 6.15. The fourth-order valence-corrected chi connectivity index (χ4v) is 4.60. The first-order valence-electron chi connectivity index (χ1n) is 12.5. The first kappa shape index (κ1) is 25.8. The SMILES string of the molecule is COc1ccccc1Oc1ccc(Cl)cc1NC(=O)C1CCN(Cc2nc(-c3ccc(C)cc3)no2)CC1. The minimum atomic E-state index is -0.129. The van der Waals surface area contributed by atoms with Gasteiger partial charge in [-0.25, -0.2) is 0 Å². The molecule has 1 aromatic heterocycles. The molecule has 0 spiro atoms. The van der Waals surface area contributed by atoms with Gasteiger partial charge < -0.3 is 19.3 Å². The van der Waals surface area contributed by atoms with Gasteiger partial charge in [-0.15, -0.1) is 0 Å². The second-order valence-electron chi connectivity index (χ2n) is 9.31. The fourth-order valence-electron chi connectivity index (χ4n) is 4.43. The van der Waals surface area contributed by atoms with E-state index < -0.39 is 0 Å². The second kappa shape index (κ2) is 11.7. The zero-order valence-corrected chi connectivity index (χ0v) is 22.1. The predicted molar refractivity (Wildman–Crippen MR) is 146 cm³/mol. The number of benzene rings is 3. The molecular formula is C29H29ClN4O4. The summed E-state index contributed by atoms with van der Waals surface area (Å²) < 4.78 is 16.9. The van der Waals surface area contributed by atoms with Crippen LogP contribution in [0.4, 0.5) is 5.69 Å². The number of aryl methyl sites for hydroxylation is 1. The molecule has 0 atom stereocenters. The number of halogens is 1. The highest BCUT2D eigenvalue weighted by Crippen LogP contribution is 2.37. The second-order valence-corrected chi connectivity index (χ2v) is 9.75. The summed E-state index contributed by atoms with van der Waals surface area (Å²) in [7, 11) is 1.58. The standard InChI is InChI=1S/C29H29ClN4O4/c1-19-7-9-20(10-8-19)28-32-27(38-33-28)18-34-15-13-21(14-16-34)29(35)31-23-17-22(30)11-12-24(23)37-26-6-4-3-5-25(26)36-2/h3-12,17,21H,13-16,18H2,1-2H3,(H,31,35). The summed E-state index contributed by atoms with van der Waals surface area (Å²) in [5.41, 5.74) is 2.63. The maximum atomic E-state index is 13.2. The summed E-state index contributed by atoms with van der Waals surface area (Å²) in [6.07, 6.45) is 1.43. The number of amides is 1. The first-order valence-corrected chi connectivity index (χ1v) is 12.9. The number of methoxy groups -OCH3 is 1. The Morgan fingerprint density at radius 1 is 1.05 bits per heavy atom. The van der Waals surface area contributed by atoms with Gasteiger partial charge in [-0.1, -0.05) is 58.7 Å². The van der Waals surface area contributed by atoms with Crippen molar-refractivity contribution in [1.29, 1.82) is 0 Å². The molecule has 8 nitrogen and oxygen atoms in total. The quantitative estimate of drug-likeness (QED) is 0.283. The van der Waals surface area contributed by atoms with Crippen LogP contribution in [0.2, 0.25) is 5.02 Å². The van der Waals surface area contributed by atoms with Crippen molar-refractivity contribution in [2.75, 3.05) is 25.5 Å².